The number of carbonyl (C=O) groups excluding carboxylic acids is 1. The zero-order valence-electron chi connectivity index (χ0n) is 15.7. The second-order valence-corrected chi connectivity index (χ2v) is 6.85. The first kappa shape index (κ1) is 17.9. The molecule has 0 bridgehead atoms. The van der Waals surface area contributed by atoms with Gasteiger partial charge in [0.1, 0.15) is 5.82 Å². The molecule has 1 amide bonds. The summed E-state index contributed by atoms with van der Waals surface area (Å²) in [4.78, 5) is 17.8. The number of carbonyl (C=O) groups is 1. The highest BCUT2D eigenvalue weighted by Gasteiger charge is 2.15. The lowest BCUT2D eigenvalue weighted by Gasteiger charge is -2.12. The van der Waals surface area contributed by atoms with E-state index >= 15 is 0 Å². The molecule has 0 atom stereocenters. The molecule has 0 aliphatic rings. The van der Waals surface area contributed by atoms with Crippen LogP contribution >= 0.6 is 0 Å². The Morgan fingerprint density at radius 3 is 2.46 bits per heavy atom. The Balaban J connectivity index is 1.81. The van der Waals surface area contributed by atoms with E-state index in [2.05, 4.69) is 5.32 Å². The Bertz CT molecular complexity index is 1180. The minimum atomic E-state index is -0.388. The number of pyridine rings is 1. The maximum absolute atomic E-state index is 13.6. The van der Waals surface area contributed by atoms with Gasteiger partial charge in [-0.3, -0.25) is 4.79 Å². The lowest BCUT2D eigenvalue weighted by atomic mass is 10.0. The SMILES string of the molecule is Cc1ccc(-c2cc(C(=O)Nc3cc(F)ccc3C)c3ccccc3n2)cc1. The average Bonchev–Trinajstić information content (AvgIpc) is 2.70. The number of halogens is 1. The summed E-state index contributed by atoms with van der Waals surface area (Å²) in [7, 11) is 0. The van der Waals surface area contributed by atoms with Crippen molar-refractivity contribution < 1.29 is 9.18 Å². The van der Waals surface area contributed by atoms with E-state index in [4.69, 9.17) is 4.98 Å². The van der Waals surface area contributed by atoms with Crippen molar-refractivity contribution in [2.75, 3.05) is 5.32 Å². The number of hydrogen-bond donors (Lipinski definition) is 1. The van der Waals surface area contributed by atoms with Crippen LogP contribution in [0.25, 0.3) is 22.2 Å². The van der Waals surface area contributed by atoms with Crippen molar-refractivity contribution in [3.05, 3.63) is 95.3 Å². The van der Waals surface area contributed by atoms with Gasteiger partial charge in [-0.1, -0.05) is 54.1 Å². The maximum atomic E-state index is 13.6. The number of benzene rings is 3. The largest absolute Gasteiger partial charge is 0.322 e. The molecule has 4 aromatic rings. The van der Waals surface area contributed by atoms with E-state index in [0.29, 0.717) is 11.3 Å². The van der Waals surface area contributed by atoms with Crippen molar-refractivity contribution in [1.82, 2.24) is 4.98 Å². The molecule has 1 aromatic heterocycles. The van der Waals surface area contributed by atoms with Crippen LogP contribution < -0.4 is 5.32 Å². The van der Waals surface area contributed by atoms with Crippen LogP contribution in [0.4, 0.5) is 10.1 Å². The average molecular weight is 370 g/mol. The summed E-state index contributed by atoms with van der Waals surface area (Å²) in [5, 5.41) is 3.60. The molecular formula is C24H19FN2O. The Kier molecular flexibility index (Phi) is 4.62. The zero-order chi connectivity index (χ0) is 19.7. The monoisotopic (exact) mass is 370 g/mol. The third-order valence-corrected chi connectivity index (χ3v) is 4.76. The lowest BCUT2D eigenvalue weighted by molar-refractivity contribution is 0.102. The quantitative estimate of drug-likeness (QED) is 0.487. The van der Waals surface area contributed by atoms with Gasteiger partial charge in [-0.15, -0.1) is 0 Å². The first-order valence-corrected chi connectivity index (χ1v) is 9.05. The molecule has 4 rings (SSSR count). The number of fused-ring (bicyclic) bond motifs is 1. The molecule has 0 saturated carbocycles. The molecule has 0 spiro atoms. The first-order chi connectivity index (χ1) is 13.5. The molecule has 138 valence electrons. The number of nitrogens with zero attached hydrogens (tertiary/aromatic N) is 1. The Morgan fingerprint density at radius 1 is 0.929 bits per heavy atom. The number of aromatic nitrogens is 1. The van der Waals surface area contributed by atoms with E-state index in [9.17, 15) is 9.18 Å². The van der Waals surface area contributed by atoms with E-state index in [1.807, 2.05) is 62.4 Å². The predicted molar refractivity (Wildman–Crippen MR) is 111 cm³/mol. The molecule has 0 radical (unpaired) electrons. The zero-order valence-corrected chi connectivity index (χ0v) is 15.7. The molecule has 0 aliphatic carbocycles. The summed E-state index contributed by atoms with van der Waals surface area (Å²) >= 11 is 0. The van der Waals surface area contributed by atoms with Crippen LogP contribution in [-0.4, -0.2) is 10.9 Å². The molecule has 0 saturated heterocycles. The lowest BCUT2D eigenvalue weighted by Crippen LogP contribution is -2.14. The molecule has 0 fully saturated rings. The van der Waals surface area contributed by atoms with Gasteiger partial charge in [0.2, 0.25) is 0 Å². The Morgan fingerprint density at radius 2 is 1.68 bits per heavy atom. The molecule has 28 heavy (non-hydrogen) atoms. The van der Waals surface area contributed by atoms with Crippen molar-refractivity contribution in [3.63, 3.8) is 0 Å². The number of rotatable bonds is 3. The number of nitrogens with one attached hydrogen (secondary N) is 1. The third kappa shape index (κ3) is 3.49. The third-order valence-electron chi connectivity index (χ3n) is 4.76. The number of aryl methyl sites for hydroxylation is 2. The normalized spacial score (nSPS) is 10.8. The summed E-state index contributed by atoms with van der Waals surface area (Å²) < 4.78 is 13.6. The maximum Gasteiger partial charge on any atom is 0.256 e. The standard InChI is InChI=1S/C24H19FN2O/c1-15-7-10-17(11-8-15)23-14-20(19-5-3-4-6-21(19)26-23)24(28)27-22-13-18(25)12-9-16(22)2/h3-14H,1-2H3,(H,27,28). The number of anilines is 1. The van der Waals surface area contributed by atoms with Crippen LogP contribution in [0.2, 0.25) is 0 Å². The van der Waals surface area contributed by atoms with Gasteiger partial charge in [0.25, 0.3) is 5.91 Å². The van der Waals surface area contributed by atoms with Gasteiger partial charge in [0.15, 0.2) is 0 Å². The number of para-hydroxylation sites is 1. The van der Waals surface area contributed by atoms with E-state index in [0.717, 1.165) is 33.3 Å². The van der Waals surface area contributed by atoms with Crippen molar-refractivity contribution in [2.24, 2.45) is 0 Å². The summed E-state index contributed by atoms with van der Waals surface area (Å²) in [5.41, 5.74) is 5.32. The van der Waals surface area contributed by atoms with Gasteiger partial charge in [-0.2, -0.15) is 0 Å². The summed E-state index contributed by atoms with van der Waals surface area (Å²) in [6, 6.07) is 21.7. The predicted octanol–water partition coefficient (Wildman–Crippen LogP) is 5.91. The van der Waals surface area contributed by atoms with Crippen molar-refractivity contribution in [3.8, 4) is 11.3 Å². The summed E-state index contributed by atoms with van der Waals surface area (Å²) in [6.07, 6.45) is 0. The molecular weight excluding hydrogens is 351 g/mol. The summed E-state index contributed by atoms with van der Waals surface area (Å²) in [6.45, 7) is 3.86. The fourth-order valence-electron chi connectivity index (χ4n) is 3.15. The molecule has 0 aliphatic heterocycles. The highest BCUT2D eigenvalue weighted by Crippen LogP contribution is 2.26. The first-order valence-electron chi connectivity index (χ1n) is 9.05. The van der Waals surface area contributed by atoms with E-state index in [1.54, 1.807) is 12.1 Å². The van der Waals surface area contributed by atoms with Crippen LogP contribution in [0.15, 0.2) is 72.8 Å². The van der Waals surface area contributed by atoms with Gasteiger partial charge in [-0.05, 0) is 43.7 Å². The van der Waals surface area contributed by atoms with E-state index in [1.165, 1.54) is 12.1 Å². The smallest absolute Gasteiger partial charge is 0.256 e. The summed E-state index contributed by atoms with van der Waals surface area (Å²) in [5.74, 6) is -0.679. The van der Waals surface area contributed by atoms with Gasteiger partial charge >= 0.3 is 0 Å². The van der Waals surface area contributed by atoms with Gasteiger partial charge in [-0.25, -0.2) is 9.37 Å². The van der Waals surface area contributed by atoms with Crippen molar-refractivity contribution in [2.45, 2.75) is 13.8 Å². The second-order valence-electron chi connectivity index (χ2n) is 6.85. The van der Waals surface area contributed by atoms with Crippen LogP contribution in [0.1, 0.15) is 21.5 Å². The van der Waals surface area contributed by atoms with Crippen LogP contribution in [0, 0.1) is 19.7 Å². The van der Waals surface area contributed by atoms with E-state index in [-0.39, 0.29) is 11.7 Å². The van der Waals surface area contributed by atoms with Gasteiger partial charge < -0.3 is 5.32 Å². The van der Waals surface area contributed by atoms with Crippen LogP contribution in [0.3, 0.4) is 0 Å². The molecule has 1 heterocycles. The highest BCUT2D eigenvalue weighted by molar-refractivity contribution is 6.13. The van der Waals surface area contributed by atoms with Crippen molar-refractivity contribution >= 4 is 22.5 Å². The number of amides is 1. The van der Waals surface area contributed by atoms with Gasteiger partial charge in [0, 0.05) is 16.6 Å². The van der Waals surface area contributed by atoms with Crippen LogP contribution in [0.5, 0.6) is 0 Å². The minimum Gasteiger partial charge on any atom is -0.322 e. The van der Waals surface area contributed by atoms with Crippen LogP contribution in [-0.2, 0) is 0 Å². The fraction of sp³-hybridized carbons (Fsp3) is 0.0833. The highest BCUT2D eigenvalue weighted by atomic mass is 19.1. The minimum absolute atomic E-state index is 0.291. The molecule has 1 N–H and O–H groups in total. The number of hydrogen-bond acceptors (Lipinski definition) is 2. The molecule has 3 nitrogen and oxygen atoms in total. The van der Waals surface area contributed by atoms with Crippen molar-refractivity contribution in [1.29, 1.82) is 0 Å². The topological polar surface area (TPSA) is 42.0 Å². The fourth-order valence-corrected chi connectivity index (χ4v) is 3.15. The Hall–Kier alpha value is -3.53. The van der Waals surface area contributed by atoms with Gasteiger partial charge in [0.05, 0.1) is 16.8 Å². The molecule has 4 heteroatoms. The van der Waals surface area contributed by atoms with E-state index < -0.39 is 0 Å². The Labute approximate surface area is 162 Å². The molecule has 3 aromatic carbocycles. The second kappa shape index (κ2) is 7.24. The molecule has 0 unspecified atom stereocenters.